The first-order chi connectivity index (χ1) is 10.0. The van der Waals surface area contributed by atoms with Crippen LogP contribution in [0.4, 0.5) is 5.82 Å². The maximum absolute atomic E-state index is 6.27. The normalized spacial score (nSPS) is 21.4. The molecule has 2 fully saturated rings. The zero-order chi connectivity index (χ0) is 15.0. The quantitative estimate of drug-likeness (QED) is 0.796. The predicted octanol–water partition coefficient (Wildman–Crippen LogP) is 3.55. The van der Waals surface area contributed by atoms with Crippen LogP contribution >= 0.6 is 11.6 Å². The summed E-state index contributed by atoms with van der Waals surface area (Å²) < 4.78 is 0. The van der Waals surface area contributed by atoms with E-state index >= 15 is 0 Å². The Labute approximate surface area is 132 Å². The molecule has 3 rings (SSSR count). The Hall–Kier alpha value is -1.06. The highest BCUT2D eigenvalue weighted by molar-refractivity contribution is 6.31. The van der Waals surface area contributed by atoms with Crippen molar-refractivity contribution in [3.63, 3.8) is 0 Å². The minimum Gasteiger partial charge on any atom is -0.357 e. The predicted molar refractivity (Wildman–Crippen MR) is 89.9 cm³/mol. The van der Waals surface area contributed by atoms with Crippen molar-refractivity contribution in [1.29, 1.82) is 0 Å². The van der Waals surface area contributed by atoms with E-state index in [2.05, 4.69) is 34.5 Å². The molecule has 2 saturated heterocycles. The van der Waals surface area contributed by atoms with Gasteiger partial charge in [-0.2, -0.15) is 0 Å². The lowest BCUT2D eigenvalue weighted by Crippen LogP contribution is -2.50. The van der Waals surface area contributed by atoms with Crippen LogP contribution in [0.3, 0.4) is 0 Å². The Morgan fingerprint density at radius 3 is 2.43 bits per heavy atom. The van der Waals surface area contributed by atoms with Crippen LogP contribution in [0, 0.1) is 11.8 Å². The second kappa shape index (κ2) is 5.98. The van der Waals surface area contributed by atoms with Crippen molar-refractivity contribution in [3.8, 4) is 0 Å². The van der Waals surface area contributed by atoms with E-state index in [4.69, 9.17) is 11.6 Å². The van der Waals surface area contributed by atoms with Gasteiger partial charge in [0.1, 0.15) is 11.0 Å². The molecule has 0 N–H and O–H groups in total. The number of anilines is 1. The van der Waals surface area contributed by atoms with Gasteiger partial charge < -0.3 is 9.80 Å². The standard InChI is InChI=1S/C17H24ClN3/c1-12(2)15-4-5-16(19-17(15)18)21-8-6-13(7-9-21)14-10-20(3)11-14/h4-5,13-14H,1,6-11H2,2-3H3. The van der Waals surface area contributed by atoms with Gasteiger partial charge in [0.25, 0.3) is 0 Å². The van der Waals surface area contributed by atoms with Gasteiger partial charge in [-0.3, -0.25) is 0 Å². The Bertz CT molecular complexity index is 529. The summed E-state index contributed by atoms with van der Waals surface area (Å²) in [4.78, 5) is 9.34. The number of rotatable bonds is 3. The molecule has 0 amide bonds. The summed E-state index contributed by atoms with van der Waals surface area (Å²) in [6.45, 7) is 10.7. The lowest BCUT2D eigenvalue weighted by molar-refractivity contribution is 0.0713. The molecule has 0 aromatic carbocycles. The summed E-state index contributed by atoms with van der Waals surface area (Å²) in [6.07, 6.45) is 2.56. The first-order valence-electron chi connectivity index (χ1n) is 7.80. The highest BCUT2D eigenvalue weighted by atomic mass is 35.5. The molecule has 1 aromatic heterocycles. The zero-order valence-electron chi connectivity index (χ0n) is 13.0. The molecule has 4 heteroatoms. The zero-order valence-corrected chi connectivity index (χ0v) is 13.7. The molecule has 2 aliphatic heterocycles. The molecule has 0 spiro atoms. The number of aromatic nitrogens is 1. The summed E-state index contributed by atoms with van der Waals surface area (Å²) in [5.74, 6) is 2.82. The molecule has 0 radical (unpaired) electrons. The van der Waals surface area contributed by atoms with Crippen LogP contribution in [0.1, 0.15) is 25.3 Å². The fraction of sp³-hybridized carbons (Fsp3) is 0.588. The number of halogens is 1. The Balaban J connectivity index is 1.61. The van der Waals surface area contributed by atoms with Crippen molar-refractivity contribution < 1.29 is 0 Å². The average molecular weight is 306 g/mol. The van der Waals surface area contributed by atoms with Gasteiger partial charge in [0, 0.05) is 31.7 Å². The van der Waals surface area contributed by atoms with Crippen molar-refractivity contribution in [3.05, 3.63) is 29.4 Å². The number of hydrogen-bond donors (Lipinski definition) is 0. The minimum atomic E-state index is 0.572. The van der Waals surface area contributed by atoms with Crippen molar-refractivity contribution in [2.75, 3.05) is 38.1 Å². The van der Waals surface area contributed by atoms with Gasteiger partial charge in [0.2, 0.25) is 0 Å². The van der Waals surface area contributed by atoms with E-state index in [1.54, 1.807) is 0 Å². The summed E-state index contributed by atoms with van der Waals surface area (Å²) in [5.41, 5.74) is 1.92. The third kappa shape index (κ3) is 3.09. The second-order valence-electron chi connectivity index (χ2n) is 6.59. The first kappa shape index (κ1) is 14.9. The number of nitrogens with zero attached hydrogens (tertiary/aromatic N) is 3. The Morgan fingerprint density at radius 2 is 1.90 bits per heavy atom. The van der Waals surface area contributed by atoms with Crippen molar-refractivity contribution in [2.24, 2.45) is 11.8 Å². The number of likely N-dealkylation sites (tertiary alicyclic amines) is 1. The van der Waals surface area contributed by atoms with E-state index < -0.39 is 0 Å². The number of hydrogen-bond acceptors (Lipinski definition) is 3. The van der Waals surface area contributed by atoms with Crippen LogP contribution in [0.2, 0.25) is 5.15 Å². The van der Waals surface area contributed by atoms with E-state index in [1.165, 1.54) is 25.9 Å². The van der Waals surface area contributed by atoms with Gasteiger partial charge in [-0.05, 0) is 56.4 Å². The molecular formula is C17H24ClN3. The van der Waals surface area contributed by atoms with Crippen molar-refractivity contribution in [2.45, 2.75) is 19.8 Å². The van der Waals surface area contributed by atoms with Crippen LogP contribution in [-0.2, 0) is 0 Å². The summed E-state index contributed by atoms with van der Waals surface area (Å²) in [5, 5.41) is 0.572. The lowest BCUT2D eigenvalue weighted by atomic mass is 9.80. The van der Waals surface area contributed by atoms with Gasteiger partial charge >= 0.3 is 0 Å². The van der Waals surface area contributed by atoms with Crippen LogP contribution in [0.25, 0.3) is 5.57 Å². The third-order valence-corrected chi connectivity index (χ3v) is 5.20. The largest absolute Gasteiger partial charge is 0.357 e. The van der Waals surface area contributed by atoms with Crippen LogP contribution in [0.15, 0.2) is 18.7 Å². The molecule has 0 aliphatic carbocycles. The molecule has 21 heavy (non-hydrogen) atoms. The van der Waals surface area contributed by atoms with Gasteiger partial charge in [-0.1, -0.05) is 18.2 Å². The van der Waals surface area contributed by atoms with Crippen molar-refractivity contribution >= 4 is 23.0 Å². The Morgan fingerprint density at radius 1 is 1.24 bits per heavy atom. The van der Waals surface area contributed by atoms with Gasteiger partial charge in [0.15, 0.2) is 0 Å². The van der Waals surface area contributed by atoms with Crippen LogP contribution in [-0.4, -0.2) is 43.1 Å². The molecule has 1 aromatic rings. The van der Waals surface area contributed by atoms with E-state index in [9.17, 15) is 0 Å². The number of piperidine rings is 1. The molecule has 0 atom stereocenters. The van der Waals surface area contributed by atoms with Crippen LogP contribution < -0.4 is 4.90 Å². The molecule has 0 unspecified atom stereocenters. The summed E-state index contributed by atoms with van der Waals surface area (Å²) >= 11 is 6.27. The Kier molecular flexibility index (Phi) is 4.23. The van der Waals surface area contributed by atoms with E-state index in [0.29, 0.717) is 5.15 Å². The summed E-state index contributed by atoms with van der Waals surface area (Å²) in [7, 11) is 2.21. The molecule has 114 valence electrons. The molecule has 3 nitrogen and oxygen atoms in total. The topological polar surface area (TPSA) is 19.4 Å². The van der Waals surface area contributed by atoms with E-state index in [1.807, 2.05) is 13.0 Å². The molecule has 0 saturated carbocycles. The van der Waals surface area contributed by atoms with E-state index in [-0.39, 0.29) is 0 Å². The monoisotopic (exact) mass is 305 g/mol. The fourth-order valence-corrected chi connectivity index (χ4v) is 3.88. The average Bonchev–Trinajstić information content (AvgIpc) is 2.44. The second-order valence-corrected chi connectivity index (χ2v) is 6.95. The van der Waals surface area contributed by atoms with Crippen LogP contribution in [0.5, 0.6) is 0 Å². The number of pyridine rings is 1. The maximum Gasteiger partial charge on any atom is 0.138 e. The van der Waals surface area contributed by atoms with Gasteiger partial charge in [-0.15, -0.1) is 0 Å². The SMILES string of the molecule is C=C(C)c1ccc(N2CCC(C3CN(C)C3)CC2)nc1Cl. The fourth-order valence-electron chi connectivity index (χ4n) is 3.56. The summed E-state index contributed by atoms with van der Waals surface area (Å²) in [6, 6.07) is 4.12. The highest BCUT2D eigenvalue weighted by Gasteiger charge is 2.33. The minimum absolute atomic E-state index is 0.572. The molecule has 2 aliphatic rings. The molecule has 0 bridgehead atoms. The molecular weight excluding hydrogens is 282 g/mol. The third-order valence-electron chi connectivity index (χ3n) is 4.92. The maximum atomic E-state index is 6.27. The number of allylic oxidation sites excluding steroid dienone is 1. The molecule has 3 heterocycles. The first-order valence-corrected chi connectivity index (χ1v) is 8.18. The van der Waals surface area contributed by atoms with Crippen molar-refractivity contribution in [1.82, 2.24) is 9.88 Å². The smallest absolute Gasteiger partial charge is 0.138 e. The lowest BCUT2D eigenvalue weighted by Gasteiger charge is -2.44. The van der Waals surface area contributed by atoms with Gasteiger partial charge in [-0.25, -0.2) is 4.98 Å². The van der Waals surface area contributed by atoms with Gasteiger partial charge in [0.05, 0.1) is 0 Å². The van der Waals surface area contributed by atoms with E-state index in [0.717, 1.165) is 41.9 Å². The highest BCUT2D eigenvalue weighted by Crippen LogP contribution is 2.33.